The Labute approximate surface area is 117 Å². The van der Waals surface area contributed by atoms with Crippen molar-refractivity contribution in [2.45, 2.75) is 13.0 Å². The minimum atomic E-state index is 0.209. The first-order chi connectivity index (χ1) is 9.72. The summed E-state index contributed by atoms with van der Waals surface area (Å²) in [5.74, 6) is 0. The zero-order valence-corrected chi connectivity index (χ0v) is 11.5. The number of aromatic nitrogens is 4. The Kier molecular flexibility index (Phi) is 3.25. The molecule has 0 saturated carbocycles. The van der Waals surface area contributed by atoms with Crippen molar-refractivity contribution in [1.29, 1.82) is 0 Å². The van der Waals surface area contributed by atoms with Gasteiger partial charge in [-0.2, -0.15) is 10.2 Å². The van der Waals surface area contributed by atoms with Crippen LogP contribution < -0.4 is 5.32 Å². The number of nitrogens with one attached hydrogen (secondary N) is 2. The van der Waals surface area contributed by atoms with E-state index in [2.05, 4.69) is 45.7 Å². The summed E-state index contributed by atoms with van der Waals surface area (Å²) >= 11 is 0. The molecule has 0 aliphatic rings. The summed E-state index contributed by atoms with van der Waals surface area (Å²) in [5.41, 5.74) is 4.38. The minimum Gasteiger partial charge on any atom is -0.378 e. The molecular weight excluding hydrogens is 250 g/mol. The predicted octanol–water partition coefficient (Wildman–Crippen LogP) is 2.98. The number of aromatic amines is 1. The van der Waals surface area contributed by atoms with Crippen molar-refractivity contribution in [3.63, 3.8) is 0 Å². The largest absolute Gasteiger partial charge is 0.378 e. The lowest BCUT2D eigenvalue weighted by Crippen LogP contribution is -2.05. The first-order valence-corrected chi connectivity index (χ1v) is 6.57. The van der Waals surface area contributed by atoms with Gasteiger partial charge in [-0.1, -0.05) is 12.1 Å². The number of H-pyrrole nitrogens is 1. The van der Waals surface area contributed by atoms with Crippen LogP contribution in [0.25, 0.3) is 11.3 Å². The molecule has 0 aliphatic heterocycles. The average molecular weight is 267 g/mol. The van der Waals surface area contributed by atoms with Crippen molar-refractivity contribution < 1.29 is 0 Å². The molecule has 0 bridgehead atoms. The van der Waals surface area contributed by atoms with E-state index in [1.54, 1.807) is 6.20 Å². The number of rotatable bonds is 4. The monoisotopic (exact) mass is 267 g/mol. The average Bonchev–Trinajstić information content (AvgIpc) is 3.10. The van der Waals surface area contributed by atoms with E-state index < -0.39 is 0 Å². The lowest BCUT2D eigenvalue weighted by Gasteiger charge is -2.14. The molecule has 2 N–H and O–H groups in total. The van der Waals surface area contributed by atoms with Crippen molar-refractivity contribution in [1.82, 2.24) is 20.0 Å². The topological polar surface area (TPSA) is 58.5 Å². The van der Waals surface area contributed by atoms with Crippen LogP contribution in [0, 0.1) is 0 Å². The van der Waals surface area contributed by atoms with Crippen LogP contribution in [0.3, 0.4) is 0 Å². The summed E-state index contributed by atoms with van der Waals surface area (Å²) in [6.07, 6.45) is 5.67. The lowest BCUT2D eigenvalue weighted by molar-refractivity contribution is 0.765. The van der Waals surface area contributed by atoms with Crippen LogP contribution in [0.4, 0.5) is 5.69 Å². The highest BCUT2D eigenvalue weighted by Gasteiger charge is 2.08. The normalized spacial score (nSPS) is 12.3. The van der Waals surface area contributed by atoms with Crippen LogP contribution in [0.15, 0.2) is 48.9 Å². The van der Waals surface area contributed by atoms with E-state index in [4.69, 9.17) is 0 Å². The Morgan fingerprint density at radius 1 is 1.30 bits per heavy atom. The molecule has 1 unspecified atom stereocenters. The van der Waals surface area contributed by atoms with Crippen LogP contribution in [-0.2, 0) is 7.05 Å². The third-order valence-electron chi connectivity index (χ3n) is 3.28. The van der Waals surface area contributed by atoms with Crippen LogP contribution in [0.1, 0.15) is 18.5 Å². The molecule has 1 aromatic carbocycles. The van der Waals surface area contributed by atoms with E-state index in [-0.39, 0.29) is 6.04 Å². The Morgan fingerprint density at radius 2 is 2.20 bits per heavy atom. The van der Waals surface area contributed by atoms with Gasteiger partial charge in [-0.3, -0.25) is 9.78 Å². The third-order valence-corrected chi connectivity index (χ3v) is 3.28. The first kappa shape index (κ1) is 12.5. The summed E-state index contributed by atoms with van der Waals surface area (Å²) in [4.78, 5) is 0. The second kappa shape index (κ2) is 5.21. The van der Waals surface area contributed by atoms with Gasteiger partial charge in [0.1, 0.15) is 0 Å². The fraction of sp³-hybridized carbons (Fsp3) is 0.200. The summed E-state index contributed by atoms with van der Waals surface area (Å²) in [6, 6.07) is 10.4. The molecule has 5 nitrogen and oxygen atoms in total. The Hall–Kier alpha value is -2.56. The van der Waals surface area contributed by atoms with Gasteiger partial charge in [0, 0.05) is 36.3 Å². The zero-order chi connectivity index (χ0) is 13.9. The van der Waals surface area contributed by atoms with E-state index >= 15 is 0 Å². The Morgan fingerprint density at radius 3 is 2.90 bits per heavy atom. The summed E-state index contributed by atoms with van der Waals surface area (Å²) in [7, 11) is 1.93. The highest BCUT2D eigenvalue weighted by Crippen LogP contribution is 2.23. The third kappa shape index (κ3) is 2.56. The van der Waals surface area contributed by atoms with E-state index in [9.17, 15) is 0 Å². The molecule has 3 rings (SSSR count). The van der Waals surface area contributed by atoms with E-state index in [1.807, 2.05) is 36.3 Å². The van der Waals surface area contributed by atoms with Gasteiger partial charge in [-0.15, -0.1) is 0 Å². The van der Waals surface area contributed by atoms with Crippen LogP contribution in [0.2, 0.25) is 0 Å². The maximum absolute atomic E-state index is 4.20. The fourth-order valence-electron chi connectivity index (χ4n) is 2.19. The molecule has 2 aromatic heterocycles. The molecule has 0 saturated heterocycles. The van der Waals surface area contributed by atoms with Gasteiger partial charge >= 0.3 is 0 Å². The molecular formula is C15H17N5. The van der Waals surface area contributed by atoms with E-state index in [0.29, 0.717) is 0 Å². The van der Waals surface area contributed by atoms with E-state index in [1.165, 1.54) is 5.56 Å². The quantitative estimate of drug-likeness (QED) is 0.764. The summed E-state index contributed by atoms with van der Waals surface area (Å²) in [6.45, 7) is 2.12. The van der Waals surface area contributed by atoms with Crippen LogP contribution in [-0.4, -0.2) is 20.0 Å². The number of aryl methyl sites for hydroxylation is 1. The second-order valence-electron chi connectivity index (χ2n) is 4.86. The number of anilines is 1. The number of hydrogen-bond donors (Lipinski definition) is 2. The maximum atomic E-state index is 4.20. The van der Waals surface area contributed by atoms with Gasteiger partial charge in [-0.25, -0.2) is 0 Å². The maximum Gasteiger partial charge on any atom is 0.0650 e. The molecule has 2 heterocycles. The van der Waals surface area contributed by atoms with Gasteiger partial charge in [0.25, 0.3) is 0 Å². The molecule has 102 valence electrons. The van der Waals surface area contributed by atoms with Gasteiger partial charge in [0.05, 0.1) is 17.9 Å². The Bertz CT molecular complexity index is 684. The standard InChI is InChI=1S/C15H17N5/c1-11(13-9-17-20(2)10-13)18-14-5-3-4-12(8-14)15-6-7-16-19-15/h3-11,18H,1-2H3,(H,16,19). The van der Waals surface area contributed by atoms with Crippen LogP contribution in [0.5, 0.6) is 0 Å². The van der Waals surface area contributed by atoms with Crippen molar-refractivity contribution in [3.8, 4) is 11.3 Å². The van der Waals surface area contributed by atoms with Crippen molar-refractivity contribution in [2.75, 3.05) is 5.32 Å². The number of hydrogen-bond acceptors (Lipinski definition) is 3. The molecule has 0 spiro atoms. The molecule has 5 heteroatoms. The molecule has 0 radical (unpaired) electrons. The van der Waals surface area contributed by atoms with Gasteiger partial charge in [0.15, 0.2) is 0 Å². The van der Waals surface area contributed by atoms with Gasteiger partial charge in [0.2, 0.25) is 0 Å². The SMILES string of the molecule is CC(Nc1cccc(-c2ccn[nH]2)c1)c1cnn(C)c1. The molecule has 0 fully saturated rings. The van der Waals surface area contributed by atoms with E-state index in [0.717, 1.165) is 16.9 Å². The van der Waals surface area contributed by atoms with Gasteiger partial charge < -0.3 is 5.32 Å². The van der Waals surface area contributed by atoms with Crippen molar-refractivity contribution in [3.05, 3.63) is 54.5 Å². The highest BCUT2D eigenvalue weighted by molar-refractivity contribution is 5.64. The van der Waals surface area contributed by atoms with Gasteiger partial charge in [-0.05, 0) is 25.1 Å². The summed E-state index contributed by atoms with van der Waals surface area (Å²) < 4.78 is 1.81. The second-order valence-corrected chi connectivity index (χ2v) is 4.86. The highest BCUT2D eigenvalue weighted by atomic mass is 15.2. The molecule has 20 heavy (non-hydrogen) atoms. The smallest absolute Gasteiger partial charge is 0.0650 e. The van der Waals surface area contributed by atoms with Crippen LogP contribution >= 0.6 is 0 Å². The number of benzene rings is 1. The van der Waals surface area contributed by atoms with Crippen molar-refractivity contribution in [2.24, 2.45) is 7.05 Å². The summed E-state index contributed by atoms with van der Waals surface area (Å²) in [5, 5.41) is 14.6. The lowest BCUT2D eigenvalue weighted by atomic mass is 10.1. The molecule has 1 atom stereocenters. The van der Waals surface area contributed by atoms with Crippen molar-refractivity contribution >= 4 is 5.69 Å². The predicted molar refractivity (Wildman–Crippen MR) is 79.3 cm³/mol. The zero-order valence-electron chi connectivity index (χ0n) is 11.5. The minimum absolute atomic E-state index is 0.209. The first-order valence-electron chi connectivity index (χ1n) is 6.57. The Balaban J connectivity index is 1.79. The number of nitrogens with zero attached hydrogens (tertiary/aromatic N) is 3. The molecule has 0 aliphatic carbocycles. The molecule has 3 aromatic rings. The fourth-order valence-corrected chi connectivity index (χ4v) is 2.19. The molecule has 0 amide bonds.